The van der Waals surface area contributed by atoms with Crippen molar-refractivity contribution in [2.75, 3.05) is 0 Å². The van der Waals surface area contributed by atoms with E-state index in [-0.39, 0.29) is 18.0 Å². The minimum absolute atomic E-state index is 0.00732. The van der Waals surface area contributed by atoms with Crippen LogP contribution in [0.4, 0.5) is 0 Å². The molecule has 4 aromatic rings. The summed E-state index contributed by atoms with van der Waals surface area (Å²) in [6.45, 7) is 6.63. The number of para-hydroxylation sites is 1. The van der Waals surface area contributed by atoms with Gasteiger partial charge in [-0.1, -0.05) is 48.5 Å². The van der Waals surface area contributed by atoms with E-state index >= 15 is 0 Å². The summed E-state index contributed by atoms with van der Waals surface area (Å²) < 4.78 is 0. The van der Waals surface area contributed by atoms with Crippen molar-refractivity contribution in [3.63, 3.8) is 0 Å². The molecule has 1 unspecified atom stereocenters. The Labute approximate surface area is 177 Å². The van der Waals surface area contributed by atoms with Crippen LogP contribution in [-0.4, -0.2) is 21.9 Å². The summed E-state index contributed by atoms with van der Waals surface area (Å²) in [6.07, 6.45) is 3.91. The monoisotopic (exact) mass is 402 g/mol. The van der Waals surface area contributed by atoms with Crippen molar-refractivity contribution < 1.29 is 4.79 Å². The van der Waals surface area contributed by atoms with Crippen molar-refractivity contribution in [2.24, 2.45) is 0 Å². The highest BCUT2D eigenvalue weighted by atomic mass is 16.2. The second-order valence-electron chi connectivity index (χ2n) is 7.46. The number of benzene rings is 2. The minimum atomic E-state index is -0.232. The zero-order valence-corrected chi connectivity index (χ0v) is 17.8. The summed E-state index contributed by atoms with van der Waals surface area (Å²) in [5, 5.41) is 7.53. The summed E-state index contributed by atoms with van der Waals surface area (Å²) in [7, 11) is 0. The summed E-state index contributed by atoms with van der Waals surface area (Å²) in [5.74, 6) is 0.00732. The molecule has 4 rings (SSSR count). The van der Waals surface area contributed by atoms with Gasteiger partial charge in [0.15, 0.2) is 0 Å². The van der Waals surface area contributed by atoms with E-state index in [2.05, 4.69) is 45.7 Å². The SMILES string of the molecule is CC(NCc1ccc[nH]1)C(=O)N[C@@H](C)c1ccccc1.Cc1c[nH]c2ccccc12. The molecule has 156 valence electrons. The first-order chi connectivity index (χ1) is 14.5. The molecule has 0 fully saturated rings. The molecule has 0 spiro atoms. The maximum atomic E-state index is 12.1. The van der Waals surface area contributed by atoms with E-state index < -0.39 is 0 Å². The standard InChI is InChI=1S/C16H21N3O.C9H9N/c1-12(14-7-4-3-5-8-14)19-16(20)13(2)18-11-15-9-6-10-17-15;1-7-6-10-9-5-3-2-4-8(7)9/h3-10,12-13,17-18H,11H2,1-2H3,(H,19,20);2-6,10H,1H3/t12-,13?;/m0./s1. The quantitative estimate of drug-likeness (QED) is 0.372. The Morgan fingerprint density at radius 3 is 2.37 bits per heavy atom. The van der Waals surface area contributed by atoms with E-state index in [4.69, 9.17) is 0 Å². The highest BCUT2D eigenvalue weighted by Crippen LogP contribution is 2.15. The number of H-pyrrole nitrogens is 2. The minimum Gasteiger partial charge on any atom is -0.364 e. The molecule has 0 aliphatic heterocycles. The van der Waals surface area contributed by atoms with E-state index in [1.165, 1.54) is 16.5 Å². The van der Waals surface area contributed by atoms with Crippen molar-refractivity contribution in [2.45, 2.75) is 39.4 Å². The Morgan fingerprint density at radius 1 is 0.933 bits per heavy atom. The van der Waals surface area contributed by atoms with Gasteiger partial charge in [-0.05, 0) is 50.1 Å². The van der Waals surface area contributed by atoms with Crippen LogP contribution in [0.5, 0.6) is 0 Å². The smallest absolute Gasteiger partial charge is 0.237 e. The fourth-order valence-corrected chi connectivity index (χ4v) is 3.21. The molecular weight excluding hydrogens is 372 g/mol. The molecule has 0 bridgehead atoms. The first kappa shape index (κ1) is 21.4. The molecule has 30 heavy (non-hydrogen) atoms. The van der Waals surface area contributed by atoms with Gasteiger partial charge in [-0.3, -0.25) is 4.79 Å². The number of rotatable bonds is 6. The molecule has 0 saturated carbocycles. The average molecular weight is 403 g/mol. The Hall–Kier alpha value is -3.31. The van der Waals surface area contributed by atoms with Crippen LogP contribution in [0, 0.1) is 6.92 Å². The molecule has 5 nitrogen and oxygen atoms in total. The second kappa shape index (κ2) is 10.5. The fourth-order valence-electron chi connectivity index (χ4n) is 3.21. The third-order valence-corrected chi connectivity index (χ3v) is 5.11. The molecule has 0 aliphatic carbocycles. The number of carbonyl (C=O) groups is 1. The molecule has 4 N–H and O–H groups in total. The first-order valence-electron chi connectivity index (χ1n) is 10.3. The second-order valence-corrected chi connectivity index (χ2v) is 7.46. The van der Waals surface area contributed by atoms with Gasteiger partial charge >= 0.3 is 0 Å². The molecule has 5 heteroatoms. The van der Waals surface area contributed by atoms with Gasteiger partial charge < -0.3 is 20.6 Å². The zero-order valence-electron chi connectivity index (χ0n) is 17.8. The summed E-state index contributed by atoms with van der Waals surface area (Å²) >= 11 is 0. The molecule has 2 aromatic heterocycles. The molecule has 1 amide bonds. The van der Waals surface area contributed by atoms with Crippen LogP contribution in [0.15, 0.2) is 79.1 Å². The lowest BCUT2D eigenvalue weighted by Gasteiger charge is -2.18. The summed E-state index contributed by atoms with van der Waals surface area (Å²) in [4.78, 5) is 18.4. The molecule has 2 atom stereocenters. The van der Waals surface area contributed by atoms with E-state index in [9.17, 15) is 4.79 Å². The van der Waals surface area contributed by atoms with Gasteiger partial charge in [-0.15, -0.1) is 0 Å². The van der Waals surface area contributed by atoms with E-state index in [1.54, 1.807) is 0 Å². The van der Waals surface area contributed by atoms with Crippen LogP contribution in [-0.2, 0) is 11.3 Å². The maximum Gasteiger partial charge on any atom is 0.237 e. The average Bonchev–Trinajstić information content (AvgIpc) is 3.43. The molecule has 2 heterocycles. The van der Waals surface area contributed by atoms with Crippen LogP contribution in [0.1, 0.15) is 36.7 Å². The Kier molecular flexibility index (Phi) is 7.46. The van der Waals surface area contributed by atoms with Crippen molar-refractivity contribution in [3.05, 3.63) is 95.9 Å². The Morgan fingerprint density at radius 2 is 1.67 bits per heavy atom. The number of hydrogen-bond acceptors (Lipinski definition) is 2. The normalized spacial score (nSPS) is 12.6. The Bertz CT molecular complexity index is 1040. The lowest BCUT2D eigenvalue weighted by Crippen LogP contribution is -2.42. The largest absolute Gasteiger partial charge is 0.364 e. The third-order valence-electron chi connectivity index (χ3n) is 5.11. The molecule has 0 radical (unpaired) electrons. The van der Waals surface area contributed by atoms with Crippen molar-refractivity contribution >= 4 is 16.8 Å². The van der Waals surface area contributed by atoms with Gasteiger partial charge in [-0.25, -0.2) is 0 Å². The molecule has 0 aliphatic rings. The summed E-state index contributed by atoms with van der Waals surface area (Å²) in [6, 6.07) is 22.0. The van der Waals surface area contributed by atoms with Gasteiger partial charge in [0.1, 0.15) is 0 Å². The topological polar surface area (TPSA) is 72.7 Å². The first-order valence-corrected chi connectivity index (χ1v) is 10.3. The number of carbonyl (C=O) groups excluding carboxylic acids is 1. The molecule has 0 saturated heterocycles. The number of hydrogen-bond donors (Lipinski definition) is 4. The van der Waals surface area contributed by atoms with Crippen LogP contribution in [0.2, 0.25) is 0 Å². The molecular formula is C25H30N4O. The number of aromatic nitrogens is 2. The van der Waals surface area contributed by atoms with Crippen LogP contribution in [0.25, 0.3) is 10.9 Å². The van der Waals surface area contributed by atoms with Crippen LogP contribution < -0.4 is 10.6 Å². The lowest BCUT2D eigenvalue weighted by molar-refractivity contribution is -0.123. The van der Waals surface area contributed by atoms with Gasteiger partial charge in [-0.2, -0.15) is 0 Å². The third kappa shape index (κ3) is 5.84. The van der Waals surface area contributed by atoms with E-state index in [0.29, 0.717) is 6.54 Å². The maximum absolute atomic E-state index is 12.1. The van der Waals surface area contributed by atoms with Crippen molar-refractivity contribution in [3.8, 4) is 0 Å². The number of aryl methyl sites for hydroxylation is 1. The number of amides is 1. The van der Waals surface area contributed by atoms with Crippen molar-refractivity contribution in [1.29, 1.82) is 0 Å². The van der Waals surface area contributed by atoms with Gasteiger partial charge in [0.25, 0.3) is 0 Å². The fraction of sp³-hybridized carbons (Fsp3) is 0.240. The number of aromatic amines is 2. The van der Waals surface area contributed by atoms with Crippen molar-refractivity contribution in [1.82, 2.24) is 20.6 Å². The highest BCUT2D eigenvalue weighted by molar-refractivity contribution is 5.82. The zero-order chi connectivity index (χ0) is 21.3. The predicted molar refractivity (Wildman–Crippen MR) is 123 cm³/mol. The number of fused-ring (bicyclic) bond motifs is 1. The van der Waals surface area contributed by atoms with Gasteiger partial charge in [0.2, 0.25) is 5.91 Å². The summed E-state index contributed by atoms with van der Waals surface area (Å²) in [5.41, 5.74) is 4.72. The van der Waals surface area contributed by atoms with Gasteiger partial charge in [0, 0.05) is 35.5 Å². The lowest BCUT2D eigenvalue weighted by atomic mass is 10.1. The van der Waals surface area contributed by atoms with Crippen LogP contribution in [0.3, 0.4) is 0 Å². The van der Waals surface area contributed by atoms with Gasteiger partial charge in [0.05, 0.1) is 12.1 Å². The number of nitrogens with one attached hydrogen (secondary N) is 4. The van der Waals surface area contributed by atoms with E-state index in [1.807, 2.05) is 74.8 Å². The van der Waals surface area contributed by atoms with Crippen LogP contribution >= 0.6 is 0 Å². The van der Waals surface area contributed by atoms with E-state index in [0.717, 1.165) is 11.3 Å². The predicted octanol–water partition coefficient (Wildman–Crippen LogP) is 4.85. The Balaban J connectivity index is 0.000000212. The highest BCUT2D eigenvalue weighted by Gasteiger charge is 2.15. The molecule has 2 aromatic carbocycles.